The Bertz CT molecular complexity index is 498. The van der Waals surface area contributed by atoms with Gasteiger partial charge in [0.05, 0.1) is 12.8 Å². The third-order valence-electron chi connectivity index (χ3n) is 2.72. The second-order valence-electron chi connectivity index (χ2n) is 4.20. The zero-order valence-corrected chi connectivity index (χ0v) is 11.0. The average molecular weight is 261 g/mol. The summed E-state index contributed by atoms with van der Waals surface area (Å²) in [6, 6.07) is 3.74. The maximum atomic E-state index is 6.02. The third kappa shape index (κ3) is 3.61. The van der Waals surface area contributed by atoms with Crippen LogP contribution in [0, 0.1) is 0 Å². The molecule has 2 heterocycles. The fourth-order valence-electron chi connectivity index (χ4n) is 1.64. The van der Waals surface area contributed by atoms with Crippen LogP contribution in [-0.4, -0.2) is 16.5 Å². The first-order valence-corrected chi connectivity index (χ1v) is 6.42. The molecule has 0 aliphatic rings. The van der Waals surface area contributed by atoms with Crippen molar-refractivity contribution >= 4 is 17.3 Å². The van der Waals surface area contributed by atoms with Gasteiger partial charge in [-0.25, -0.2) is 9.97 Å². The van der Waals surface area contributed by atoms with Crippen molar-refractivity contribution < 1.29 is 4.42 Å². The van der Waals surface area contributed by atoms with Crippen molar-refractivity contribution in [2.45, 2.75) is 26.3 Å². The van der Waals surface area contributed by atoms with Crippen LogP contribution in [0.5, 0.6) is 0 Å². The minimum absolute atomic E-state index is 0.533. The molecule has 2 rings (SSSR count). The molecule has 0 amide bonds. The Hall–Kier alpha value is -2.24. The molecule has 0 aromatic carbocycles. The van der Waals surface area contributed by atoms with Crippen molar-refractivity contribution in [1.82, 2.24) is 9.97 Å². The van der Waals surface area contributed by atoms with Crippen molar-refractivity contribution in [2.75, 3.05) is 22.9 Å². The minimum atomic E-state index is 0.533. The molecule has 0 radical (unpaired) electrons. The standard InChI is InChI=1S/C13H19N5O/c1-2-3-6-15-12-11(14)13(18-9-17-12)16-8-10-5-4-7-19-10/h4-5,7,9H,2-3,6,8,14H2,1H3,(H2,15,16,17,18). The highest BCUT2D eigenvalue weighted by Gasteiger charge is 2.07. The Balaban J connectivity index is 1.98. The number of nitrogen functional groups attached to an aromatic ring is 1. The molecule has 0 bridgehead atoms. The molecule has 0 aliphatic carbocycles. The van der Waals surface area contributed by atoms with Crippen LogP contribution in [0.2, 0.25) is 0 Å². The first-order valence-electron chi connectivity index (χ1n) is 6.42. The minimum Gasteiger partial charge on any atom is -0.467 e. The molecular weight excluding hydrogens is 242 g/mol. The number of nitrogens with zero attached hydrogens (tertiary/aromatic N) is 2. The molecule has 0 unspecified atom stereocenters. The fourth-order valence-corrected chi connectivity index (χ4v) is 1.64. The van der Waals surface area contributed by atoms with Gasteiger partial charge < -0.3 is 20.8 Å². The SMILES string of the molecule is CCCCNc1ncnc(NCc2ccco2)c1N. The van der Waals surface area contributed by atoms with E-state index >= 15 is 0 Å². The van der Waals surface area contributed by atoms with Crippen molar-refractivity contribution in [3.8, 4) is 0 Å². The summed E-state index contributed by atoms with van der Waals surface area (Å²) in [4.78, 5) is 8.28. The number of hydrogen-bond acceptors (Lipinski definition) is 6. The van der Waals surface area contributed by atoms with Crippen LogP contribution >= 0.6 is 0 Å². The molecule has 0 aliphatic heterocycles. The normalized spacial score (nSPS) is 10.4. The van der Waals surface area contributed by atoms with Crippen molar-refractivity contribution in [3.63, 3.8) is 0 Å². The Morgan fingerprint density at radius 2 is 2.05 bits per heavy atom. The molecule has 0 saturated heterocycles. The van der Waals surface area contributed by atoms with Crippen LogP contribution in [-0.2, 0) is 6.54 Å². The number of nitrogens with two attached hydrogens (primary N) is 1. The van der Waals surface area contributed by atoms with E-state index in [2.05, 4.69) is 27.5 Å². The van der Waals surface area contributed by atoms with E-state index in [9.17, 15) is 0 Å². The van der Waals surface area contributed by atoms with Gasteiger partial charge in [-0.1, -0.05) is 13.3 Å². The molecular formula is C13H19N5O. The average Bonchev–Trinajstić information content (AvgIpc) is 2.93. The van der Waals surface area contributed by atoms with Crippen molar-refractivity contribution in [2.24, 2.45) is 0 Å². The molecule has 102 valence electrons. The van der Waals surface area contributed by atoms with E-state index in [-0.39, 0.29) is 0 Å². The monoisotopic (exact) mass is 261 g/mol. The second kappa shape index (κ2) is 6.63. The summed E-state index contributed by atoms with van der Waals surface area (Å²) in [5, 5.41) is 6.34. The predicted octanol–water partition coefficient (Wildman–Crippen LogP) is 2.48. The summed E-state index contributed by atoms with van der Waals surface area (Å²) in [6.45, 7) is 3.54. The van der Waals surface area contributed by atoms with Gasteiger partial charge in [0.2, 0.25) is 0 Å². The Labute approximate surface area is 112 Å². The summed E-state index contributed by atoms with van der Waals surface area (Å²) in [7, 11) is 0. The second-order valence-corrected chi connectivity index (χ2v) is 4.20. The highest BCUT2D eigenvalue weighted by atomic mass is 16.3. The lowest BCUT2D eigenvalue weighted by Crippen LogP contribution is -2.10. The van der Waals surface area contributed by atoms with Crippen molar-refractivity contribution in [3.05, 3.63) is 30.5 Å². The van der Waals surface area contributed by atoms with Gasteiger partial charge in [0.15, 0.2) is 11.6 Å². The molecule has 19 heavy (non-hydrogen) atoms. The number of unbranched alkanes of at least 4 members (excludes halogenated alkanes) is 1. The predicted molar refractivity (Wildman–Crippen MR) is 75.9 cm³/mol. The van der Waals surface area contributed by atoms with Crippen LogP contribution in [0.25, 0.3) is 0 Å². The Morgan fingerprint density at radius 1 is 1.26 bits per heavy atom. The van der Waals surface area contributed by atoms with Gasteiger partial charge in [0.25, 0.3) is 0 Å². The number of rotatable bonds is 7. The molecule has 0 atom stereocenters. The summed E-state index contributed by atoms with van der Waals surface area (Å²) in [6.07, 6.45) is 5.34. The van der Waals surface area contributed by atoms with Gasteiger partial charge >= 0.3 is 0 Å². The highest BCUT2D eigenvalue weighted by Crippen LogP contribution is 2.22. The number of nitrogens with one attached hydrogen (secondary N) is 2. The maximum Gasteiger partial charge on any atom is 0.155 e. The van der Waals surface area contributed by atoms with Crippen LogP contribution in [0.15, 0.2) is 29.1 Å². The zero-order valence-electron chi connectivity index (χ0n) is 11.0. The Morgan fingerprint density at radius 3 is 2.74 bits per heavy atom. The quantitative estimate of drug-likeness (QED) is 0.663. The fraction of sp³-hybridized carbons (Fsp3) is 0.385. The van der Waals surface area contributed by atoms with Crippen LogP contribution in [0.3, 0.4) is 0 Å². The van der Waals surface area contributed by atoms with Crippen LogP contribution in [0.4, 0.5) is 17.3 Å². The van der Waals surface area contributed by atoms with Gasteiger partial charge in [-0.3, -0.25) is 0 Å². The summed E-state index contributed by atoms with van der Waals surface area (Å²) in [5.41, 5.74) is 6.56. The molecule has 6 nitrogen and oxygen atoms in total. The molecule has 6 heteroatoms. The molecule has 2 aromatic rings. The van der Waals surface area contributed by atoms with Gasteiger partial charge in [0.1, 0.15) is 17.8 Å². The van der Waals surface area contributed by atoms with Gasteiger partial charge in [-0.2, -0.15) is 0 Å². The van der Waals surface area contributed by atoms with Gasteiger partial charge in [-0.05, 0) is 18.6 Å². The lowest BCUT2D eigenvalue weighted by molar-refractivity contribution is 0.518. The third-order valence-corrected chi connectivity index (χ3v) is 2.72. The summed E-state index contributed by atoms with van der Waals surface area (Å²) in [5.74, 6) is 2.12. The molecule has 0 saturated carbocycles. The maximum absolute atomic E-state index is 6.02. The van der Waals surface area contributed by atoms with E-state index in [1.807, 2.05) is 12.1 Å². The van der Waals surface area contributed by atoms with E-state index in [0.29, 0.717) is 23.9 Å². The van der Waals surface area contributed by atoms with E-state index in [1.54, 1.807) is 6.26 Å². The number of hydrogen-bond donors (Lipinski definition) is 3. The van der Waals surface area contributed by atoms with Crippen LogP contribution < -0.4 is 16.4 Å². The first-order chi connectivity index (χ1) is 9.31. The van der Waals surface area contributed by atoms with E-state index in [4.69, 9.17) is 10.2 Å². The van der Waals surface area contributed by atoms with Gasteiger partial charge in [0, 0.05) is 6.54 Å². The molecule has 4 N–H and O–H groups in total. The topological polar surface area (TPSA) is 89.0 Å². The number of furan rings is 1. The van der Waals surface area contributed by atoms with E-state index < -0.39 is 0 Å². The summed E-state index contributed by atoms with van der Waals surface area (Å²) >= 11 is 0. The smallest absolute Gasteiger partial charge is 0.155 e. The van der Waals surface area contributed by atoms with Gasteiger partial charge in [-0.15, -0.1) is 0 Å². The summed E-state index contributed by atoms with van der Waals surface area (Å²) < 4.78 is 5.24. The lowest BCUT2D eigenvalue weighted by atomic mass is 10.3. The zero-order chi connectivity index (χ0) is 13.5. The van der Waals surface area contributed by atoms with E-state index in [1.165, 1.54) is 6.33 Å². The van der Waals surface area contributed by atoms with E-state index in [0.717, 1.165) is 25.1 Å². The van der Waals surface area contributed by atoms with Crippen molar-refractivity contribution in [1.29, 1.82) is 0 Å². The Kier molecular flexibility index (Phi) is 4.60. The first kappa shape index (κ1) is 13.2. The lowest BCUT2D eigenvalue weighted by Gasteiger charge is -2.11. The molecule has 0 spiro atoms. The number of aromatic nitrogens is 2. The molecule has 2 aromatic heterocycles. The number of anilines is 3. The highest BCUT2D eigenvalue weighted by molar-refractivity contribution is 5.73. The molecule has 0 fully saturated rings. The van der Waals surface area contributed by atoms with Crippen LogP contribution in [0.1, 0.15) is 25.5 Å². The largest absolute Gasteiger partial charge is 0.467 e.